The lowest BCUT2D eigenvalue weighted by atomic mass is 9.99. The number of aromatic nitrogens is 6. The molecule has 0 unspecified atom stereocenters. The van der Waals surface area contributed by atoms with Gasteiger partial charge in [-0.15, -0.1) is 18.3 Å². The van der Waals surface area contributed by atoms with Gasteiger partial charge in [-0.2, -0.15) is 0 Å². The van der Waals surface area contributed by atoms with E-state index in [1.54, 1.807) is 42.5 Å². The van der Waals surface area contributed by atoms with E-state index < -0.39 is 6.36 Å². The SMILES string of the molecule is O=C(c1ccccc1Cl)c1cccnc1-c1nnn(Cc2cccc(OC(F)(F)F)c2)c1-c1cncnc1. The Morgan fingerprint density at radius 3 is 2.47 bits per heavy atom. The van der Waals surface area contributed by atoms with Crippen LogP contribution in [-0.2, 0) is 6.54 Å². The second-order valence-electron chi connectivity index (χ2n) is 7.98. The number of ether oxygens (including phenoxy) is 1. The summed E-state index contributed by atoms with van der Waals surface area (Å²) >= 11 is 6.27. The van der Waals surface area contributed by atoms with E-state index in [-0.39, 0.29) is 40.1 Å². The standard InChI is InChI=1S/C26H16ClF3N6O2/c27-21-9-2-1-7-19(21)25(37)20-8-4-10-33-22(20)23-24(17-12-31-15-32-13-17)36(35-34-23)14-16-5-3-6-18(11-16)38-26(28,29)30/h1-13,15H,14H2. The van der Waals surface area contributed by atoms with Crippen molar-refractivity contribution < 1.29 is 22.7 Å². The number of alkyl halides is 3. The fraction of sp³-hybridized carbons (Fsp3) is 0.0769. The summed E-state index contributed by atoms with van der Waals surface area (Å²) in [5.41, 5.74) is 2.44. The summed E-state index contributed by atoms with van der Waals surface area (Å²) in [6.07, 6.45) is 1.11. The molecular weight excluding hydrogens is 521 g/mol. The molecule has 0 radical (unpaired) electrons. The number of pyridine rings is 1. The van der Waals surface area contributed by atoms with Crippen molar-refractivity contribution in [2.75, 3.05) is 0 Å². The highest BCUT2D eigenvalue weighted by molar-refractivity contribution is 6.35. The van der Waals surface area contributed by atoms with Gasteiger partial charge in [0.1, 0.15) is 29.2 Å². The van der Waals surface area contributed by atoms with Gasteiger partial charge in [0.15, 0.2) is 5.78 Å². The number of carbonyl (C=O) groups is 1. The molecule has 0 N–H and O–H groups in total. The highest BCUT2D eigenvalue weighted by atomic mass is 35.5. The average Bonchev–Trinajstić information content (AvgIpc) is 3.31. The molecule has 3 heterocycles. The van der Waals surface area contributed by atoms with Gasteiger partial charge in [-0.25, -0.2) is 14.6 Å². The Balaban J connectivity index is 1.60. The normalized spacial score (nSPS) is 11.4. The molecule has 0 saturated heterocycles. The van der Waals surface area contributed by atoms with E-state index in [2.05, 4.69) is 30.0 Å². The third-order valence-electron chi connectivity index (χ3n) is 5.43. The van der Waals surface area contributed by atoms with Gasteiger partial charge in [-0.1, -0.05) is 41.1 Å². The molecule has 0 aliphatic carbocycles. The van der Waals surface area contributed by atoms with Gasteiger partial charge in [-0.05, 0) is 42.0 Å². The van der Waals surface area contributed by atoms with Crippen molar-refractivity contribution in [1.29, 1.82) is 0 Å². The molecule has 0 aliphatic heterocycles. The van der Waals surface area contributed by atoms with Crippen LogP contribution in [0.25, 0.3) is 22.6 Å². The van der Waals surface area contributed by atoms with E-state index in [0.29, 0.717) is 22.4 Å². The molecule has 8 nitrogen and oxygen atoms in total. The van der Waals surface area contributed by atoms with Gasteiger partial charge < -0.3 is 4.74 Å². The van der Waals surface area contributed by atoms with E-state index in [1.165, 1.54) is 47.8 Å². The Morgan fingerprint density at radius 1 is 0.947 bits per heavy atom. The molecule has 0 aliphatic rings. The van der Waals surface area contributed by atoms with E-state index in [1.807, 2.05) is 0 Å². The molecule has 190 valence electrons. The number of hydrogen-bond donors (Lipinski definition) is 0. The van der Waals surface area contributed by atoms with Gasteiger partial charge in [0, 0.05) is 29.7 Å². The number of hydrogen-bond acceptors (Lipinski definition) is 7. The predicted molar refractivity (Wildman–Crippen MR) is 131 cm³/mol. The van der Waals surface area contributed by atoms with Crippen molar-refractivity contribution in [3.8, 4) is 28.4 Å². The summed E-state index contributed by atoms with van der Waals surface area (Å²) in [5.74, 6) is -0.724. The highest BCUT2D eigenvalue weighted by Gasteiger charge is 2.31. The summed E-state index contributed by atoms with van der Waals surface area (Å²) in [6.45, 7) is 0.0346. The van der Waals surface area contributed by atoms with Crippen LogP contribution in [0.5, 0.6) is 5.75 Å². The minimum absolute atomic E-state index is 0.0346. The van der Waals surface area contributed by atoms with Crippen molar-refractivity contribution in [3.63, 3.8) is 0 Å². The smallest absolute Gasteiger partial charge is 0.406 e. The van der Waals surface area contributed by atoms with Crippen molar-refractivity contribution >= 4 is 17.4 Å². The van der Waals surface area contributed by atoms with E-state index in [0.717, 1.165) is 0 Å². The average molecular weight is 537 g/mol. The van der Waals surface area contributed by atoms with Crippen LogP contribution in [-0.4, -0.2) is 42.1 Å². The molecule has 5 aromatic rings. The van der Waals surface area contributed by atoms with Crippen LogP contribution in [0.4, 0.5) is 13.2 Å². The second-order valence-corrected chi connectivity index (χ2v) is 8.38. The minimum atomic E-state index is -4.82. The van der Waals surface area contributed by atoms with E-state index in [4.69, 9.17) is 11.6 Å². The van der Waals surface area contributed by atoms with E-state index in [9.17, 15) is 18.0 Å². The summed E-state index contributed by atoms with van der Waals surface area (Å²) in [5, 5.41) is 8.81. The van der Waals surface area contributed by atoms with E-state index >= 15 is 0 Å². The van der Waals surface area contributed by atoms with Crippen molar-refractivity contribution in [1.82, 2.24) is 29.9 Å². The number of benzene rings is 2. The summed E-state index contributed by atoms with van der Waals surface area (Å²) < 4.78 is 43.7. The minimum Gasteiger partial charge on any atom is -0.406 e. The zero-order valence-corrected chi connectivity index (χ0v) is 20.1. The Labute approximate surface area is 218 Å². The summed E-state index contributed by atoms with van der Waals surface area (Å²) in [7, 11) is 0. The Hall–Kier alpha value is -4.64. The van der Waals surface area contributed by atoms with Crippen LogP contribution in [0.3, 0.4) is 0 Å². The molecule has 0 amide bonds. The van der Waals surface area contributed by atoms with Crippen molar-refractivity contribution in [2.24, 2.45) is 0 Å². The number of carbonyl (C=O) groups excluding carboxylic acids is 1. The maximum Gasteiger partial charge on any atom is 0.573 e. The molecule has 0 saturated carbocycles. The fourth-order valence-electron chi connectivity index (χ4n) is 3.87. The molecule has 2 aromatic carbocycles. The topological polar surface area (TPSA) is 95.7 Å². The van der Waals surface area contributed by atoms with Gasteiger partial charge in [0.25, 0.3) is 0 Å². The zero-order valence-electron chi connectivity index (χ0n) is 19.3. The second kappa shape index (κ2) is 10.4. The quantitative estimate of drug-likeness (QED) is 0.249. The zero-order chi connectivity index (χ0) is 26.7. The first kappa shape index (κ1) is 25.0. The lowest BCUT2D eigenvalue weighted by molar-refractivity contribution is -0.274. The summed E-state index contributed by atoms with van der Waals surface area (Å²) in [6, 6.07) is 15.4. The van der Waals surface area contributed by atoms with Crippen LogP contribution in [0.2, 0.25) is 5.02 Å². The predicted octanol–water partition coefficient (Wildman–Crippen LogP) is 5.63. The van der Waals surface area contributed by atoms with Crippen molar-refractivity contribution in [2.45, 2.75) is 12.9 Å². The maximum atomic E-state index is 13.4. The Bertz CT molecular complexity index is 1610. The molecule has 3 aromatic heterocycles. The fourth-order valence-corrected chi connectivity index (χ4v) is 4.09. The monoisotopic (exact) mass is 536 g/mol. The van der Waals surface area contributed by atoms with Crippen LogP contribution < -0.4 is 4.74 Å². The molecule has 38 heavy (non-hydrogen) atoms. The van der Waals surface area contributed by atoms with Crippen LogP contribution in [0.15, 0.2) is 85.6 Å². The van der Waals surface area contributed by atoms with Gasteiger partial charge in [0.2, 0.25) is 0 Å². The number of nitrogens with zero attached hydrogens (tertiary/aromatic N) is 6. The lowest BCUT2D eigenvalue weighted by Gasteiger charge is -2.12. The Morgan fingerprint density at radius 2 is 1.71 bits per heavy atom. The molecule has 0 bridgehead atoms. The van der Waals surface area contributed by atoms with Crippen LogP contribution in [0, 0.1) is 0 Å². The molecule has 12 heteroatoms. The van der Waals surface area contributed by atoms with Gasteiger partial charge in [0.05, 0.1) is 17.1 Å². The van der Waals surface area contributed by atoms with Gasteiger partial charge >= 0.3 is 6.36 Å². The molecule has 0 atom stereocenters. The summed E-state index contributed by atoms with van der Waals surface area (Å²) in [4.78, 5) is 26.0. The number of ketones is 1. The third-order valence-corrected chi connectivity index (χ3v) is 5.76. The first-order valence-corrected chi connectivity index (χ1v) is 11.5. The molecule has 0 spiro atoms. The van der Waals surface area contributed by atoms with Crippen LogP contribution in [0.1, 0.15) is 21.5 Å². The molecule has 5 rings (SSSR count). The lowest BCUT2D eigenvalue weighted by Crippen LogP contribution is -2.17. The van der Waals surface area contributed by atoms with Crippen LogP contribution >= 0.6 is 11.6 Å². The number of halogens is 4. The largest absolute Gasteiger partial charge is 0.573 e. The highest BCUT2D eigenvalue weighted by Crippen LogP contribution is 2.33. The third kappa shape index (κ3) is 5.37. The van der Waals surface area contributed by atoms with Crippen molar-refractivity contribution in [3.05, 3.63) is 107 Å². The molecular formula is C26H16ClF3N6O2. The Kier molecular flexibility index (Phi) is 6.84. The molecule has 0 fully saturated rings. The van der Waals surface area contributed by atoms with Gasteiger partial charge in [-0.3, -0.25) is 9.78 Å². The first-order valence-electron chi connectivity index (χ1n) is 11.1. The number of rotatable bonds is 7. The first-order chi connectivity index (χ1) is 18.3. The maximum absolute atomic E-state index is 13.4.